The summed E-state index contributed by atoms with van der Waals surface area (Å²) in [5.74, 6) is 0.273. The second-order valence-electron chi connectivity index (χ2n) is 4.02. The van der Waals surface area contributed by atoms with Gasteiger partial charge < -0.3 is 9.47 Å². The Balaban J connectivity index is 2.45. The molecule has 0 atom stereocenters. The molecule has 0 fully saturated rings. The van der Waals surface area contributed by atoms with Crippen LogP contribution in [0.3, 0.4) is 0 Å². The molecule has 0 radical (unpaired) electrons. The smallest absolute Gasteiger partial charge is 0.348 e. The van der Waals surface area contributed by atoms with Crippen molar-refractivity contribution in [2.75, 3.05) is 13.7 Å². The Morgan fingerprint density at radius 2 is 2.28 bits per heavy atom. The molecule has 1 heterocycles. The zero-order chi connectivity index (χ0) is 13.1. The molecule has 4 nitrogen and oxygen atoms in total. The van der Waals surface area contributed by atoms with E-state index in [1.54, 1.807) is 6.92 Å². The van der Waals surface area contributed by atoms with Crippen molar-refractivity contribution in [1.29, 1.82) is 5.26 Å². The highest BCUT2D eigenvalue weighted by Crippen LogP contribution is 2.29. The van der Waals surface area contributed by atoms with E-state index in [0.717, 1.165) is 23.3 Å². The van der Waals surface area contributed by atoms with E-state index in [0.29, 0.717) is 12.2 Å². The zero-order valence-electron chi connectivity index (χ0n) is 10.3. The molecule has 92 valence electrons. The molecule has 1 aromatic carbocycles. The lowest BCUT2D eigenvalue weighted by molar-refractivity contribution is -0.135. The molecule has 0 saturated heterocycles. The number of nitrogens with zero attached hydrogens (tertiary/aromatic N) is 1. The van der Waals surface area contributed by atoms with Crippen molar-refractivity contribution in [3.8, 4) is 11.8 Å². The minimum absolute atomic E-state index is 0.0383. The Labute approximate surface area is 105 Å². The summed E-state index contributed by atoms with van der Waals surface area (Å²) in [5, 5.41) is 9.02. The average molecular weight is 243 g/mol. The van der Waals surface area contributed by atoms with Gasteiger partial charge in [0.25, 0.3) is 0 Å². The first-order valence-corrected chi connectivity index (χ1v) is 5.62. The minimum atomic E-state index is -0.605. The molecule has 18 heavy (non-hydrogen) atoms. The van der Waals surface area contributed by atoms with Crippen LogP contribution in [0.2, 0.25) is 0 Å². The van der Waals surface area contributed by atoms with Gasteiger partial charge in [0.05, 0.1) is 13.7 Å². The highest BCUT2D eigenvalue weighted by atomic mass is 16.5. The molecule has 2 rings (SSSR count). The van der Waals surface area contributed by atoms with Crippen LogP contribution in [0.25, 0.3) is 5.57 Å². The van der Waals surface area contributed by atoms with Gasteiger partial charge in [-0.05, 0) is 35.8 Å². The van der Waals surface area contributed by atoms with Crippen molar-refractivity contribution in [3.05, 3.63) is 34.9 Å². The van der Waals surface area contributed by atoms with Crippen LogP contribution >= 0.6 is 0 Å². The molecule has 1 aliphatic rings. The first-order chi connectivity index (χ1) is 8.67. The number of ether oxygens (including phenoxy) is 2. The summed E-state index contributed by atoms with van der Waals surface area (Å²) >= 11 is 0. The third-order valence-electron chi connectivity index (χ3n) is 3.00. The Bertz CT molecular complexity index is 567. The molecule has 0 amide bonds. The predicted octanol–water partition coefficient (Wildman–Crippen LogP) is 2.09. The van der Waals surface area contributed by atoms with Crippen molar-refractivity contribution in [2.45, 2.75) is 13.3 Å². The van der Waals surface area contributed by atoms with Gasteiger partial charge in [-0.1, -0.05) is 6.07 Å². The average Bonchev–Trinajstić information content (AvgIpc) is 2.86. The van der Waals surface area contributed by atoms with Crippen LogP contribution in [0.1, 0.15) is 18.1 Å². The fraction of sp³-hybridized carbons (Fsp3) is 0.286. The Hall–Kier alpha value is -2.28. The lowest BCUT2D eigenvalue weighted by Gasteiger charge is -2.06. The lowest BCUT2D eigenvalue weighted by atomic mass is 9.99. The van der Waals surface area contributed by atoms with Crippen molar-refractivity contribution in [3.63, 3.8) is 0 Å². The first kappa shape index (κ1) is 12.2. The number of carbonyl (C=O) groups excluding carboxylic acids is 1. The summed E-state index contributed by atoms with van der Waals surface area (Å²) in [6, 6.07) is 7.56. The maximum absolute atomic E-state index is 11.5. The molecule has 1 aliphatic heterocycles. The second kappa shape index (κ2) is 4.92. The molecule has 0 saturated carbocycles. The lowest BCUT2D eigenvalue weighted by Crippen LogP contribution is -2.05. The normalized spacial score (nSPS) is 14.1. The standard InChI is InChI=1S/C14H13NO3/c1-9(12(8-15)14(16)17-2)10-3-4-13-11(7-10)5-6-18-13/h3-4,7H,5-6H2,1-2H3/b12-9+. The van der Waals surface area contributed by atoms with Gasteiger partial charge in [0, 0.05) is 6.42 Å². The van der Waals surface area contributed by atoms with E-state index in [4.69, 9.17) is 10.00 Å². The van der Waals surface area contributed by atoms with Crippen LogP contribution in [0.4, 0.5) is 0 Å². The summed E-state index contributed by atoms with van der Waals surface area (Å²) in [6.07, 6.45) is 0.858. The fourth-order valence-electron chi connectivity index (χ4n) is 1.95. The van der Waals surface area contributed by atoms with Crippen LogP contribution < -0.4 is 4.74 Å². The van der Waals surface area contributed by atoms with Gasteiger partial charge >= 0.3 is 5.97 Å². The summed E-state index contributed by atoms with van der Waals surface area (Å²) in [7, 11) is 1.27. The van der Waals surface area contributed by atoms with Gasteiger partial charge in [-0.15, -0.1) is 0 Å². The monoisotopic (exact) mass is 243 g/mol. The number of hydrogen-bond acceptors (Lipinski definition) is 4. The van der Waals surface area contributed by atoms with E-state index in [2.05, 4.69) is 4.74 Å². The largest absolute Gasteiger partial charge is 0.493 e. The third kappa shape index (κ3) is 2.07. The second-order valence-corrected chi connectivity index (χ2v) is 4.02. The van der Waals surface area contributed by atoms with E-state index in [1.807, 2.05) is 24.3 Å². The maximum Gasteiger partial charge on any atom is 0.348 e. The van der Waals surface area contributed by atoms with Crippen molar-refractivity contribution in [2.24, 2.45) is 0 Å². The zero-order valence-corrected chi connectivity index (χ0v) is 10.3. The van der Waals surface area contributed by atoms with Gasteiger partial charge in [0.15, 0.2) is 0 Å². The minimum Gasteiger partial charge on any atom is -0.493 e. The number of fused-ring (bicyclic) bond motifs is 1. The van der Waals surface area contributed by atoms with E-state index < -0.39 is 5.97 Å². The van der Waals surface area contributed by atoms with E-state index >= 15 is 0 Å². The Kier molecular flexibility index (Phi) is 3.33. The predicted molar refractivity (Wildman–Crippen MR) is 65.9 cm³/mol. The molecule has 0 bridgehead atoms. The SMILES string of the molecule is COC(=O)/C(C#N)=C(\C)c1ccc2c(c1)CCO2. The first-order valence-electron chi connectivity index (χ1n) is 5.62. The van der Waals surface area contributed by atoms with Crippen molar-refractivity contribution < 1.29 is 14.3 Å². The summed E-state index contributed by atoms with van der Waals surface area (Å²) < 4.78 is 10.0. The van der Waals surface area contributed by atoms with Crippen LogP contribution in [-0.2, 0) is 16.0 Å². The summed E-state index contributed by atoms with van der Waals surface area (Å²) in [6.45, 7) is 2.43. The Morgan fingerprint density at radius 1 is 1.50 bits per heavy atom. The van der Waals surface area contributed by atoms with E-state index in [9.17, 15) is 4.79 Å². The van der Waals surface area contributed by atoms with Gasteiger partial charge in [-0.25, -0.2) is 4.79 Å². The van der Waals surface area contributed by atoms with Gasteiger partial charge in [0.2, 0.25) is 0 Å². The molecular weight excluding hydrogens is 230 g/mol. The highest BCUT2D eigenvalue weighted by Gasteiger charge is 2.17. The molecular formula is C14H13NO3. The molecule has 1 aromatic rings. The van der Waals surface area contributed by atoms with E-state index in [-0.39, 0.29) is 5.57 Å². The topological polar surface area (TPSA) is 59.3 Å². The fourth-order valence-corrected chi connectivity index (χ4v) is 1.95. The molecule has 0 unspecified atom stereocenters. The number of hydrogen-bond donors (Lipinski definition) is 0. The van der Waals surface area contributed by atoms with Crippen LogP contribution in [0, 0.1) is 11.3 Å². The molecule has 0 N–H and O–H groups in total. The molecule has 4 heteroatoms. The highest BCUT2D eigenvalue weighted by molar-refractivity contribution is 6.01. The maximum atomic E-state index is 11.5. The van der Waals surface area contributed by atoms with Gasteiger partial charge in [0.1, 0.15) is 17.4 Å². The van der Waals surface area contributed by atoms with Crippen LogP contribution in [-0.4, -0.2) is 19.7 Å². The number of methoxy groups -OCH3 is 1. The number of allylic oxidation sites excluding steroid dienone is 1. The van der Waals surface area contributed by atoms with E-state index in [1.165, 1.54) is 7.11 Å². The van der Waals surface area contributed by atoms with Gasteiger partial charge in [-0.2, -0.15) is 5.26 Å². The van der Waals surface area contributed by atoms with Crippen molar-refractivity contribution >= 4 is 11.5 Å². The molecule has 0 spiro atoms. The number of esters is 1. The third-order valence-corrected chi connectivity index (χ3v) is 3.00. The van der Waals surface area contributed by atoms with Gasteiger partial charge in [-0.3, -0.25) is 0 Å². The Morgan fingerprint density at radius 3 is 2.94 bits per heavy atom. The quantitative estimate of drug-likeness (QED) is 0.453. The summed E-state index contributed by atoms with van der Waals surface area (Å²) in [4.78, 5) is 11.5. The van der Waals surface area contributed by atoms with Crippen molar-refractivity contribution in [1.82, 2.24) is 0 Å². The number of carbonyl (C=O) groups is 1. The van der Waals surface area contributed by atoms with Crippen LogP contribution in [0.5, 0.6) is 5.75 Å². The van der Waals surface area contributed by atoms with Crippen LogP contribution in [0.15, 0.2) is 23.8 Å². The number of benzene rings is 1. The summed E-state index contributed by atoms with van der Waals surface area (Å²) in [5.41, 5.74) is 2.62. The number of rotatable bonds is 2. The molecule has 0 aliphatic carbocycles. The number of nitriles is 1. The molecule has 0 aromatic heterocycles.